The van der Waals surface area contributed by atoms with Crippen molar-refractivity contribution in [3.63, 3.8) is 0 Å². The zero-order valence-corrected chi connectivity index (χ0v) is 14.3. The standard InChI is InChI=1S/C15H29N3O3S/c1-2-10-22(20,21)18-9-4-3-7-14(18)15(19)17-12-13-6-5-8-16-11-13/h13-14,16H,2-12H2,1H3,(H,17,19). The first-order valence-electron chi connectivity index (χ1n) is 8.52. The van der Waals surface area contributed by atoms with Gasteiger partial charge in [0.2, 0.25) is 15.9 Å². The monoisotopic (exact) mass is 331 g/mol. The molecule has 0 aliphatic carbocycles. The van der Waals surface area contributed by atoms with Gasteiger partial charge in [-0.05, 0) is 51.1 Å². The Labute approximate surface area is 134 Å². The molecule has 22 heavy (non-hydrogen) atoms. The molecule has 0 radical (unpaired) electrons. The van der Waals surface area contributed by atoms with Gasteiger partial charge in [-0.25, -0.2) is 8.42 Å². The van der Waals surface area contributed by atoms with E-state index in [2.05, 4.69) is 10.6 Å². The molecule has 2 atom stereocenters. The third kappa shape index (κ3) is 4.67. The lowest BCUT2D eigenvalue weighted by Gasteiger charge is -2.34. The predicted molar refractivity (Wildman–Crippen MR) is 87.0 cm³/mol. The highest BCUT2D eigenvalue weighted by Gasteiger charge is 2.36. The van der Waals surface area contributed by atoms with Crippen LogP contribution < -0.4 is 10.6 Å². The Morgan fingerprint density at radius 1 is 1.27 bits per heavy atom. The Morgan fingerprint density at radius 2 is 2.09 bits per heavy atom. The Hall–Kier alpha value is -0.660. The van der Waals surface area contributed by atoms with Gasteiger partial charge in [0.1, 0.15) is 6.04 Å². The molecule has 0 aromatic carbocycles. The summed E-state index contributed by atoms with van der Waals surface area (Å²) in [6.07, 6.45) is 5.25. The number of amides is 1. The average molecular weight is 331 g/mol. The summed E-state index contributed by atoms with van der Waals surface area (Å²) in [5.74, 6) is 0.468. The van der Waals surface area contributed by atoms with Crippen molar-refractivity contribution in [2.75, 3.05) is 31.9 Å². The van der Waals surface area contributed by atoms with Gasteiger partial charge in [0.15, 0.2) is 0 Å². The first kappa shape index (κ1) is 17.7. The van der Waals surface area contributed by atoms with E-state index in [-0.39, 0.29) is 11.7 Å². The maximum absolute atomic E-state index is 12.5. The molecule has 2 saturated heterocycles. The number of rotatable bonds is 6. The second-order valence-corrected chi connectivity index (χ2v) is 8.44. The van der Waals surface area contributed by atoms with Gasteiger partial charge in [-0.1, -0.05) is 13.3 Å². The fraction of sp³-hybridized carbons (Fsp3) is 0.933. The fourth-order valence-electron chi connectivity index (χ4n) is 3.34. The third-order valence-electron chi connectivity index (χ3n) is 4.54. The van der Waals surface area contributed by atoms with Crippen LogP contribution >= 0.6 is 0 Å². The highest BCUT2D eigenvalue weighted by atomic mass is 32.2. The average Bonchev–Trinajstić information content (AvgIpc) is 2.53. The Morgan fingerprint density at radius 3 is 2.77 bits per heavy atom. The molecule has 0 bridgehead atoms. The first-order valence-corrected chi connectivity index (χ1v) is 10.1. The number of carbonyl (C=O) groups excluding carboxylic acids is 1. The van der Waals surface area contributed by atoms with E-state index in [0.29, 0.717) is 31.8 Å². The minimum Gasteiger partial charge on any atom is -0.354 e. The van der Waals surface area contributed by atoms with E-state index >= 15 is 0 Å². The molecule has 128 valence electrons. The van der Waals surface area contributed by atoms with E-state index in [9.17, 15) is 13.2 Å². The number of piperidine rings is 2. The quantitative estimate of drug-likeness (QED) is 0.751. The number of sulfonamides is 1. The van der Waals surface area contributed by atoms with Crippen LogP contribution in [0, 0.1) is 5.92 Å². The van der Waals surface area contributed by atoms with Crippen LogP contribution in [-0.2, 0) is 14.8 Å². The van der Waals surface area contributed by atoms with E-state index in [1.54, 1.807) is 0 Å². The van der Waals surface area contributed by atoms with Gasteiger partial charge in [-0.3, -0.25) is 4.79 Å². The Bertz CT molecular complexity index is 461. The zero-order chi connectivity index (χ0) is 16.0. The van der Waals surface area contributed by atoms with Crippen molar-refractivity contribution in [1.82, 2.24) is 14.9 Å². The molecule has 0 saturated carbocycles. The second-order valence-electron chi connectivity index (χ2n) is 6.40. The van der Waals surface area contributed by atoms with Gasteiger partial charge in [0, 0.05) is 13.1 Å². The molecule has 6 nitrogen and oxygen atoms in total. The Balaban J connectivity index is 1.93. The molecule has 0 spiro atoms. The van der Waals surface area contributed by atoms with E-state index < -0.39 is 16.1 Å². The van der Waals surface area contributed by atoms with Crippen molar-refractivity contribution in [3.8, 4) is 0 Å². The SMILES string of the molecule is CCCS(=O)(=O)N1CCCCC1C(=O)NCC1CCCNC1. The molecule has 2 unspecified atom stereocenters. The van der Waals surface area contributed by atoms with Crippen molar-refractivity contribution < 1.29 is 13.2 Å². The van der Waals surface area contributed by atoms with Crippen LogP contribution in [0.3, 0.4) is 0 Å². The zero-order valence-electron chi connectivity index (χ0n) is 13.5. The lowest BCUT2D eigenvalue weighted by molar-refractivity contribution is -0.125. The van der Waals surface area contributed by atoms with Crippen molar-refractivity contribution >= 4 is 15.9 Å². The molecular formula is C15H29N3O3S. The minimum atomic E-state index is -3.31. The molecular weight excluding hydrogens is 302 g/mol. The molecule has 2 N–H and O–H groups in total. The van der Waals surface area contributed by atoms with Crippen LogP contribution in [0.4, 0.5) is 0 Å². The molecule has 2 aliphatic rings. The van der Waals surface area contributed by atoms with Crippen molar-refractivity contribution in [2.24, 2.45) is 5.92 Å². The summed E-state index contributed by atoms with van der Waals surface area (Å²) in [7, 11) is -3.31. The van der Waals surface area contributed by atoms with Crippen LogP contribution in [0.25, 0.3) is 0 Å². The van der Waals surface area contributed by atoms with Gasteiger partial charge in [0.25, 0.3) is 0 Å². The summed E-state index contributed by atoms with van der Waals surface area (Å²) in [6, 6.07) is -0.512. The third-order valence-corrected chi connectivity index (χ3v) is 6.62. The highest BCUT2D eigenvalue weighted by molar-refractivity contribution is 7.89. The lowest BCUT2D eigenvalue weighted by Crippen LogP contribution is -2.53. The van der Waals surface area contributed by atoms with Gasteiger partial charge < -0.3 is 10.6 Å². The van der Waals surface area contributed by atoms with E-state index in [4.69, 9.17) is 0 Å². The van der Waals surface area contributed by atoms with Gasteiger partial charge in [0.05, 0.1) is 5.75 Å². The maximum Gasteiger partial charge on any atom is 0.238 e. The van der Waals surface area contributed by atoms with E-state index in [1.165, 1.54) is 4.31 Å². The van der Waals surface area contributed by atoms with Gasteiger partial charge >= 0.3 is 0 Å². The largest absolute Gasteiger partial charge is 0.354 e. The smallest absolute Gasteiger partial charge is 0.238 e. The Kier molecular flexibility index (Phi) is 6.65. The number of nitrogens with zero attached hydrogens (tertiary/aromatic N) is 1. The van der Waals surface area contributed by atoms with Crippen LogP contribution in [0.2, 0.25) is 0 Å². The van der Waals surface area contributed by atoms with Crippen LogP contribution in [-0.4, -0.2) is 56.6 Å². The summed E-state index contributed by atoms with van der Waals surface area (Å²) < 4.78 is 26.1. The molecule has 0 aromatic rings. The molecule has 7 heteroatoms. The fourth-order valence-corrected chi connectivity index (χ4v) is 5.08. The van der Waals surface area contributed by atoms with Gasteiger partial charge in [-0.15, -0.1) is 0 Å². The first-order chi connectivity index (χ1) is 10.5. The van der Waals surface area contributed by atoms with E-state index in [0.717, 1.165) is 38.8 Å². The van der Waals surface area contributed by atoms with E-state index in [1.807, 2.05) is 6.92 Å². The molecule has 2 heterocycles. The van der Waals surface area contributed by atoms with Crippen molar-refractivity contribution in [3.05, 3.63) is 0 Å². The van der Waals surface area contributed by atoms with Crippen LogP contribution in [0.5, 0.6) is 0 Å². The molecule has 2 fully saturated rings. The molecule has 2 rings (SSSR count). The number of hydrogen-bond acceptors (Lipinski definition) is 4. The number of carbonyl (C=O) groups is 1. The lowest BCUT2D eigenvalue weighted by atomic mass is 9.99. The summed E-state index contributed by atoms with van der Waals surface area (Å²) in [6.45, 7) is 4.96. The van der Waals surface area contributed by atoms with Gasteiger partial charge in [-0.2, -0.15) is 4.31 Å². The molecule has 0 aromatic heterocycles. The molecule has 1 amide bonds. The number of hydrogen-bond donors (Lipinski definition) is 2. The summed E-state index contributed by atoms with van der Waals surface area (Å²) in [4.78, 5) is 12.5. The van der Waals surface area contributed by atoms with Crippen LogP contribution in [0.15, 0.2) is 0 Å². The summed E-state index contributed by atoms with van der Waals surface area (Å²) in [5.41, 5.74) is 0. The number of nitrogens with one attached hydrogen (secondary N) is 2. The topological polar surface area (TPSA) is 78.5 Å². The van der Waals surface area contributed by atoms with Crippen molar-refractivity contribution in [1.29, 1.82) is 0 Å². The minimum absolute atomic E-state index is 0.120. The predicted octanol–water partition coefficient (Wildman–Crippen LogP) is 0.697. The summed E-state index contributed by atoms with van der Waals surface area (Å²) in [5, 5.41) is 6.31. The highest BCUT2D eigenvalue weighted by Crippen LogP contribution is 2.21. The normalized spacial score (nSPS) is 27.5. The van der Waals surface area contributed by atoms with Crippen molar-refractivity contribution in [2.45, 2.75) is 51.5 Å². The maximum atomic E-state index is 12.5. The van der Waals surface area contributed by atoms with Crippen LogP contribution in [0.1, 0.15) is 45.4 Å². The summed E-state index contributed by atoms with van der Waals surface area (Å²) >= 11 is 0. The molecule has 2 aliphatic heterocycles. The second kappa shape index (κ2) is 8.26.